The molecule has 0 aliphatic carbocycles. The predicted molar refractivity (Wildman–Crippen MR) is 88.7 cm³/mol. The van der Waals surface area contributed by atoms with Gasteiger partial charge in [0, 0.05) is 6.54 Å². The third-order valence-electron chi connectivity index (χ3n) is 2.98. The summed E-state index contributed by atoms with van der Waals surface area (Å²) in [7, 11) is 0. The normalized spacial score (nSPS) is 10.3. The average molecular weight is 297 g/mol. The number of hydrogen-bond acceptors (Lipinski definition) is 3. The number of hydrogen-bond donors (Lipinski definition) is 4. The summed E-state index contributed by atoms with van der Waals surface area (Å²) in [5, 5.41) is 3.63. The fourth-order valence-electron chi connectivity index (χ4n) is 1.95. The summed E-state index contributed by atoms with van der Waals surface area (Å²) in [4.78, 5) is 7.54. The SMILES string of the molecule is S=C(NCc1ccccc1)NNc1nc2ccccc2[nH]1. The number of benzene rings is 2. The highest BCUT2D eigenvalue weighted by molar-refractivity contribution is 7.80. The summed E-state index contributed by atoms with van der Waals surface area (Å²) in [6, 6.07) is 17.9. The zero-order valence-corrected chi connectivity index (χ0v) is 12.1. The molecular formula is C15H15N5S. The van der Waals surface area contributed by atoms with Crippen molar-refractivity contribution in [3.63, 3.8) is 0 Å². The molecule has 5 nitrogen and oxygen atoms in total. The van der Waals surface area contributed by atoms with Crippen LogP contribution in [0.15, 0.2) is 54.6 Å². The van der Waals surface area contributed by atoms with E-state index < -0.39 is 0 Å². The van der Waals surface area contributed by atoms with Crippen molar-refractivity contribution in [3.05, 3.63) is 60.2 Å². The van der Waals surface area contributed by atoms with Crippen molar-refractivity contribution in [2.24, 2.45) is 0 Å². The van der Waals surface area contributed by atoms with Crippen molar-refractivity contribution in [3.8, 4) is 0 Å². The van der Waals surface area contributed by atoms with Crippen LogP contribution in [0.5, 0.6) is 0 Å². The molecule has 106 valence electrons. The Morgan fingerprint density at radius 3 is 2.62 bits per heavy atom. The second-order valence-electron chi connectivity index (χ2n) is 4.52. The van der Waals surface area contributed by atoms with E-state index in [9.17, 15) is 0 Å². The molecule has 0 amide bonds. The van der Waals surface area contributed by atoms with Crippen molar-refractivity contribution in [2.75, 3.05) is 5.43 Å². The van der Waals surface area contributed by atoms with Crippen LogP contribution in [-0.2, 0) is 6.54 Å². The minimum atomic E-state index is 0.513. The lowest BCUT2D eigenvalue weighted by Gasteiger charge is -2.10. The lowest BCUT2D eigenvalue weighted by Crippen LogP contribution is -2.38. The summed E-state index contributed by atoms with van der Waals surface area (Å²) < 4.78 is 0. The number of thiocarbonyl (C=S) groups is 1. The molecule has 2 aromatic carbocycles. The molecule has 6 heteroatoms. The summed E-state index contributed by atoms with van der Waals surface area (Å²) in [6.07, 6.45) is 0. The van der Waals surface area contributed by atoms with Crippen LogP contribution in [0, 0.1) is 0 Å². The van der Waals surface area contributed by atoms with E-state index in [0.717, 1.165) is 11.0 Å². The van der Waals surface area contributed by atoms with Crippen LogP contribution in [-0.4, -0.2) is 15.1 Å². The average Bonchev–Trinajstić information content (AvgIpc) is 2.95. The molecule has 1 aromatic heterocycles. The second-order valence-corrected chi connectivity index (χ2v) is 4.93. The van der Waals surface area contributed by atoms with Gasteiger partial charge in [-0.1, -0.05) is 42.5 Å². The summed E-state index contributed by atoms with van der Waals surface area (Å²) >= 11 is 5.21. The third kappa shape index (κ3) is 3.49. The van der Waals surface area contributed by atoms with Gasteiger partial charge in [0.25, 0.3) is 0 Å². The molecule has 21 heavy (non-hydrogen) atoms. The van der Waals surface area contributed by atoms with Gasteiger partial charge in [-0.15, -0.1) is 0 Å². The molecule has 0 saturated carbocycles. The number of para-hydroxylation sites is 2. The zero-order chi connectivity index (χ0) is 14.5. The van der Waals surface area contributed by atoms with E-state index >= 15 is 0 Å². The molecule has 4 N–H and O–H groups in total. The molecule has 0 unspecified atom stereocenters. The van der Waals surface area contributed by atoms with E-state index in [0.29, 0.717) is 17.6 Å². The number of nitrogens with one attached hydrogen (secondary N) is 4. The van der Waals surface area contributed by atoms with Gasteiger partial charge in [-0.3, -0.25) is 10.9 Å². The zero-order valence-electron chi connectivity index (χ0n) is 11.3. The Morgan fingerprint density at radius 1 is 1.05 bits per heavy atom. The van der Waals surface area contributed by atoms with E-state index in [-0.39, 0.29) is 0 Å². The van der Waals surface area contributed by atoms with Gasteiger partial charge in [-0.2, -0.15) is 0 Å². The van der Waals surface area contributed by atoms with E-state index in [2.05, 4.69) is 26.1 Å². The van der Waals surface area contributed by atoms with Gasteiger partial charge in [-0.25, -0.2) is 4.98 Å². The van der Waals surface area contributed by atoms with Gasteiger partial charge in [0.15, 0.2) is 5.11 Å². The Kier molecular flexibility index (Phi) is 3.97. The van der Waals surface area contributed by atoms with Crippen LogP contribution in [0.25, 0.3) is 11.0 Å². The maximum absolute atomic E-state index is 5.21. The van der Waals surface area contributed by atoms with Crippen molar-refractivity contribution in [1.82, 2.24) is 20.7 Å². The number of aromatic nitrogens is 2. The minimum Gasteiger partial charge on any atom is -0.357 e. The Balaban J connectivity index is 1.51. The van der Waals surface area contributed by atoms with Gasteiger partial charge in [0.1, 0.15) is 0 Å². The molecule has 1 heterocycles. The second kappa shape index (κ2) is 6.23. The Hall–Kier alpha value is -2.60. The monoisotopic (exact) mass is 297 g/mol. The molecular weight excluding hydrogens is 282 g/mol. The van der Waals surface area contributed by atoms with E-state index in [1.165, 1.54) is 5.56 Å². The standard InChI is InChI=1S/C15H15N5S/c21-15(16-10-11-6-2-1-3-7-11)20-19-14-17-12-8-4-5-9-13(12)18-14/h1-9H,10H2,(H2,16,20,21)(H2,17,18,19). The number of fused-ring (bicyclic) bond motifs is 1. The Labute approximate surface area is 127 Å². The highest BCUT2D eigenvalue weighted by atomic mass is 32.1. The molecule has 0 aliphatic heterocycles. The molecule has 0 radical (unpaired) electrons. The number of hydrazine groups is 1. The molecule has 0 atom stereocenters. The smallest absolute Gasteiger partial charge is 0.220 e. The first-order chi connectivity index (χ1) is 10.3. The molecule has 0 aliphatic rings. The molecule has 0 spiro atoms. The number of imidazole rings is 1. The first-order valence-electron chi connectivity index (χ1n) is 6.60. The number of rotatable bonds is 4. The van der Waals surface area contributed by atoms with Crippen LogP contribution >= 0.6 is 12.2 Å². The van der Waals surface area contributed by atoms with Crippen molar-refractivity contribution >= 4 is 34.3 Å². The molecule has 3 aromatic rings. The topological polar surface area (TPSA) is 64.8 Å². The maximum Gasteiger partial charge on any atom is 0.220 e. The number of nitrogens with zero attached hydrogens (tertiary/aromatic N) is 1. The van der Waals surface area contributed by atoms with Crippen LogP contribution in [0.3, 0.4) is 0 Å². The predicted octanol–water partition coefficient (Wildman–Crippen LogP) is 2.55. The number of anilines is 1. The fraction of sp³-hybridized carbons (Fsp3) is 0.0667. The summed E-state index contributed by atoms with van der Waals surface area (Å²) in [5.74, 6) is 0.625. The number of aromatic amines is 1. The first-order valence-corrected chi connectivity index (χ1v) is 7.00. The maximum atomic E-state index is 5.21. The lowest BCUT2D eigenvalue weighted by molar-refractivity contribution is 0.882. The minimum absolute atomic E-state index is 0.513. The highest BCUT2D eigenvalue weighted by Gasteiger charge is 2.01. The Bertz CT molecular complexity index is 705. The van der Waals surface area contributed by atoms with Crippen LogP contribution < -0.4 is 16.2 Å². The van der Waals surface area contributed by atoms with Crippen LogP contribution in [0.2, 0.25) is 0 Å². The molecule has 0 fully saturated rings. The molecule has 0 saturated heterocycles. The van der Waals surface area contributed by atoms with Gasteiger partial charge in [-0.05, 0) is 29.9 Å². The number of H-pyrrole nitrogens is 1. The van der Waals surface area contributed by atoms with Crippen LogP contribution in [0.1, 0.15) is 5.56 Å². The van der Waals surface area contributed by atoms with Gasteiger partial charge in [0.05, 0.1) is 11.0 Å². The van der Waals surface area contributed by atoms with E-state index in [4.69, 9.17) is 12.2 Å². The van der Waals surface area contributed by atoms with Gasteiger partial charge >= 0.3 is 0 Å². The van der Waals surface area contributed by atoms with Crippen molar-refractivity contribution in [2.45, 2.75) is 6.54 Å². The van der Waals surface area contributed by atoms with E-state index in [1.807, 2.05) is 54.6 Å². The molecule has 0 bridgehead atoms. The molecule has 3 rings (SSSR count). The van der Waals surface area contributed by atoms with Gasteiger partial charge in [0.2, 0.25) is 5.95 Å². The lowest BCUT2D eigenvalue weighted by atomic mass is 10.2. The fourth-order valence-corrected chi connectivity index (χ4v) is 2.07. The summed E-state index contributed by atoms with van der Waals surface area (Å²) in [6.45, 7) is 0.675. The Morgan fingerprint density at radius 2 is 1.81 bits per heavy atom. The van der Waals surface area contributed by atoms with Crippen molar-refractivity contribution < 1.29 is 0 Å². The summed E-state index contributed by atoms with van der Waals surface area (Å²) in [5.41, 5.74) is 8.91. The van der Waals surface area contributed by atoms with Crippen LogP contribution in [0.4, 0.5) is 5.95 Å². The van der Waals surface area contributed by atoms with Gasteiger partial charge < -0.3 is 10.3 Å². The first kappa shape index (κ1) is 13.4. The van der Waals surface area contributed by atoms with Crippen molar-refractivity contribution in [1.29, 1.82) is 0 Å². The van der Waals surface area contributed by atoms with E-state index in [1.54, 1.807) is 0 Å². The third-order valence-corrected chi connectivity index (χ3v) is 3.23. The largest absolute Gasteiger partial charge is 0.357 e. The quantitative estimate of drug-likeness (QED) is 0.440. The highest BCUT2D eigenvalue weighted by Crippen LogP contribution is 2.12.